The van der Waals surface area contributed by atoms with E-state index in [1.165, 1.54) is 14.0 Å². The smallest absolute Gasteiger partial charge is 0.238 e. The molecule has 2 aromatic rings. The van der Waals surface area contributed by atoms with Crippen molar-refractivity contribution in [3.63, 3.8) is 0 Å². The van der Waals surface area contributed by atoms with Crippen LogP contribution in [-0.2, 0) is 16.0 Å². The first-order valence-corrected chi connectivity index (χ1v) is 13.2. The predicted octanol–water partition coefficient (Wildman–Crippen LogP) is -0.461. The topological polar surface area (TPSA) is 198 Å². The van der Waals surface area contributed by atoms with Crippen LogP contribution in [-0.4, -0.2) is 115 Å². The van der Waals surface area contributed by atoms with Gasteiger partial charge in [0.2, 0.25) is 18.1 Å². The Hall–Kier alpha value is -2.78. The number of amides is 1. The van der Waals surface area contributed by atoms with E-state index < -0.39 is 49.6 Å². The molecule has 1 saturated heterocycles. The molecule has 1 amide bonds. The molecule has 224 valence electrons. The SMILES string of the molecule is Cc1cc(OCCC(=O)N(C)C(C)(O)CO)ccc1Cc1c(O[C@@H]2O[C@H](CO)[C@@H](O)[C@H](O)[C@H]2O)n[nH]c1C(C)C. The molecule has 13 nitrogen and oxygen atoms in total. The van der Waals surface area contributed by atoms with Crippen molar-refractivity contribution in [2.75, 3.05) is 26.9 Å². The van der Waals surface area contributed by atoms with E-state index in [1.54, 1.807) is 6.07 Å². The zero-order valence-electron chi connectivity index (χ0n) is 23.4. The van der Waals surface area contributed by atoms with Gasteiger partial charge in [-0.25, -0.2) is 0 Å². The minimum atomic E-state index is -1.65. The number of likely N-dealkylation sites (N-methyl/N-ethyl adjacent to an activating group) is 1. The van der Waals surface area contributed by atoms with Crippen molar-refractivity contribution in [3.05, 3.63) is 40.6 Å². The quantitative estimate of drug-likeness (QED) is 0.164. The maximum absolute atomic E-state index is 12.3. The number of aliphatic hydroxyl groups excluding tert-OH is 5. The average molecular weight is 568 g/mol. The summed E-state index contributed by atoms with van der Waals surface area (Å²) in [5.74, 6) is 0.397. The molecule has 40 heavy (non-hydrogen) atoms. The van der Waals surface area contributed by atoms with E-state index in [0.29, 0.717) is 17.7 Å². The number of rotatable bonds is 12. The molecule has 2 heterocycles. The van der Waals surface area contributed by atoms with Crippen molar-refractivity contribution in [3.8, 4) is 11.6 Å². The molecule has 0 bridgehead atoms. The van der Waals surface area contributed by atoms with Crippen LogP contribution >= 0.6 is 0 Å². The number of nitrogens with zero attached hydrogens (tertiary/aromatic N) is 2. The van der Waals surface area contributed by atoms with Crippen molar-refractivity contribution in [1.82, 2.24) is 15.1 Å². The molecule has 6 atom stereocenters. The van der Waals surface area contributed by atoms with Gasteiger partial charge in [-0.2, -0.15) is 0 Å². The monoisotopic (exact) mass is 567 g/mol. The third-order valence-corrected chi connectivity index (χ3v) is 7.18. The van der Waals surface area contributed by atoms with Crippen molar-refractivity contribution in [2.24, 2.45) is 0 Å². The van der Waals surface area contributed by atoms with Crippen LogP contribution < -0.4 is 9.47 Å². The summed E-state index contributed by atoms with van der Waals surface area (Å²) in [6.45, 7) is 6.15. The number of aromatic amines is 1. The van der Waals surface area contributed by atoms with E-state index in [1.807, 2.05) is 32.9 Å². The second-order valence-corrected chi connectivity index (χ2v) is 10.6. The second-order valence-electron chi connectivity index (χ2n) is 10.6. The third-order valence-electron chi connectivity index (χ3n) is 7.18. The zero-order valence-corrected chi connectivity index (χ0v) is 23.4. The highest BCUT2D eigenvalue weighted by Gasteiger charge is 2.45. The molecule has 1 aromatic carbocycles. The Morgan fingerprint density at radius 2 is 1.90 bits per heavy atom. The summed E-state index contributed by atoms with van der Waals surface area (Å²) in [7, 11) is 1.41. The van der Waals surface area contributed by atoms with Crippen molar-refractivity contribution >= 4 is 5.91 Å². The number of H-pyrrole nitrogens is 1. The molecule has 1 aliphatic heterocycles. The predicted molar refractivity (Wildman–Crippen MR) is 142 cm³/mol. The minimum Gasteiger partial charge on any atom is -0.493 e. The van der Waals surface area contributed by atoms with Crippen LogP contribution in [0.25, 0.3) is 0 Å². The normalized spacial score (nSPS) is 24.6. The zero-order chi connectivity index (χ0) is 29.8. The summed E-state index contributed by atoms with van der Waals surface area (Å²) in [5, 5.41) is 66.5. The lowest BCUT2D eigenvalue weighted by Gasteiger charge is -2.39. The van der Waals surface area contributed by atoms with Gasteiger partial charge in [-0.3, -0.25) is 9.89 Å². The summed E-state index contributed by atoms with van der Waals surface area (Å²) < 4.78 is 17.1. The molecular weight excluding hydrogens is 526 g/mol. The summed E-state index contributed by atoms with van der Waals surface area (Å²) >= 11 is 0. The molecule has 1 fully saturated rings. The number of aryl methyl sites for hydroxylation is 1. The number of benzene rings is 1. The van der Waals surface area contributed by atoms with Crippen molar-refractivity contribution < 1.29 is 49.6 Å². The van der Waals surface area contributed by atoms with E-state index in [9.17, 15) is 35.4 Å². The van der Waals surface area contributed by atoms with Crippen molar-refractivity contribution in [2.45, 2.75) is 82.9 Å². The minimum absolute atomic E-state index is 0.0128. The maximum atomic E-state index is 12.3. The van der Waals surface area contributed by atoms with Gasteiger partial charge >= 0.3 is 0 Å². The molecule has 0 saturated carbocycles. The highest BCUT2D eigenvalue weighted by molar-refractivity contribution is 5.76. The van der Waals surface area contributed by atoms with Gasteiger partial charge in [-0.15, -0.1) is 5.10 Å². The van der Waals surface area contributed by atoms with Crippen LogP contribution in [0.2, 0.25) is 0 Å². The van der Waals surface area contributed by atoms with Gasteiger partial charge in [0.05, 0.1) is 26.2 Å². The molecule has 1 aliphatic rings. The molecule has 1 unspecified atom stereocenters. The Kier molecular flexibility index (Phi) is 10.5. The fourth-order valence-electron chi connectivity index (χ4n) is 4.33. The Morgan fingerprint density at radius 1 is 1.20 bits per heavy atom. The van der Waals surface area contributed by atoms with Gasteiger partial charge in [0.25, 0.3) is 0 Å². The first-order valence-electron chi connectivity index (χ1n) is 13.2. The number of carbonyl (C=O) groups is 1. The third kappa shape index (κ3) is 7.10. The Balaban J connectivity index is 1.71. The number of aliphatic hydroxyl groups is 6. The highest BCUT2D eigenvalue weighted by Crippen LogP contribution is 2.32. The van der Waals surface area contributed by atoms with Crippen LogP contribution in [0.1, 0.15) is 55.5 Å². The number of ether oxygens (including phenoxy) is 3. The molecule has 1 aromatic heterocycles. The Labute approximate surface area is 232 Å². The molecule has 0 aliphatic carbocycles. The van der Waals surface area contributed by atoms with E-state index in [0.717, 1.165) is 21.7 Å². The standard InChI is InChI=1S/C27H41N3O10/c1-14(2)21-18(25(29-28-21)40-26-24(36)23(35)22(34)19(12-31)39-26)11-16-6-7-17(10-15(16)3)38-9-8-20(33)30(5)27(4,37)13-32/h6-7,10,14,19,22-24,26,31-32,34-37H,8-9,11-13H2,1-5H3,(H,28,29)/t19-,22-,23+,24-,26+,27?/m1/s1. The van der Waals surface area contributed by atoms with Gasteiger partial charge in [0, 0.05) is 24.7 Å². The summed E-state index contributed by atoms with van der Waals surface area (Å²) in [5.41, 5.74) is 1.71. The number of hydrogen-bond acceptors (Lipinski definition) is 11. The highest BCUT2D eigenvalue weighted by atomic mass is 16.7. The molecule has 7 N–H and O–H groups in total. The largest absolute Gasteiger partial charge is 0.493 e. The summed E-state index contributed by atoms with van der Waals surface area (Å²) in [6.07, 6.45) is -6.69. The second kappa shape index (κ2) is 13.3. The van der Waals surface area contributed by atoms with Crippen LogP contribution in [0.15, 0.2) is 18.2 Å². The lowest BCUT2D eigenvalue weighted by atomic mass is 9.96. The fourth-order valence-corrected chi connectivity index (χ4v) is 4.33. The van der Waals surface area contributed by atoms with Gasteiger partial charge in [-0.1, -0.05) is 19.9 Å². The maximum Gasteiger partial charge on any atom is 0.238 e. The van der Waals surface area contributed by atoms with Gasteiger partial charge in [-0.05, 0) is 43.0 Å². The number of hydrogen-bond donors (Lipinski definition) is 7. The molecule has 3 rings (SSSR count). The van der Waals surface area contributed by atoms with Crippen molar-refractivity contribution in [1.29, 1.82) is 0 Å². The Morgan fingerprint density at radius 3 is 2.50 bits per heavy atom. The average Bonchev–Trinajstić information content (AvgIpc) is 3.32. The fraction of sp³-hybridized carbons (Fsp3) is 0.630. The molecular formula is C27H41N3O10. The van der Waals surface area contributed by atoms with Crippen LogP contribution in [0.5, 0.6) is 11.6 Å². The lowest BCUT2D eigenvalue weighted by Crippen LogP contribution is -2.60. The lowest BCUT2D eigenvalue weighted by molar-refractivity contribution is -0.278. The van der Waals surface area contributed by atoms with Crippen LogP contribution in [0.4, 0.5) is 0 Å². The number of carbonyl (C=O) groups excluding carboxylic acids is 1. The molecule has 0 radical (unpaired) electrons. The summed E-state index contributed by atoms with van der Waals surface area (Å²) in [4.78, 5) is 13.4. The Bertz CT molecular complexity index is 1140. The van der Waals surface area contributed by atoms with E-state index in [2.05, 4.69) is 10.2 Å². The van der Waals surface area contributed by atoms with E-state index in [-0.39, 0.29) is 30.7 Å². The van der Waals surface area contributed by atoms with Gasteiger partial charge < -0.3 is 49.7 Å². The number of nitrogens with one attached hydrogen (secondary N) is 1. The molecule has 0 spiro atoms. The van der Waals surface area contributed by atoms with Crippen LogP contribution in [0, 0.1) is 6.92 Å². The first-order chi connectivity index (χ1) is 18.8. The first kappa shape index (κ1) is 31.7. The number of aromatic nitrogens is 2. The summed E-state index contributed by atoms with van der Waals surface area (Å²) in [6, 6.07) is 5.48. The van der Waals surface area contributed by atoms with E-state index in [4.69, 9.17) is 14.2 Å². The van der Waals surface area contributed by atoms with E-state index >= 15 is 0 Å². The van der Waals surface area contributed by atoms with Gasteiger partial charge in [0.15, 0.2) is 5.72 Å². The van der Waals surface area contributed by atoms with Gasteiger partial charge in [0.1, 0.15) is 30.2 Å². The van der Waals surface area contributed by atoms with Crippen LogP contribution in [0.3, 0.4) is 0 Å². The molecule has 13 heteroatoms.